The van der Waals surface area contributed by atoms with Crippen molar-refractivity contribution in [3.05, 3.63) is 56.7 Å². The molecule has 2 aromatic rings. The Morgan fingerprint density at radius 2 is 2.11 bits per heavy atom. The summed E-state index contributed by atoms with van der Waals surface area (Å²) in [5.41, 5.74) is 0.130. The average molecular weight is 308 g/mol. The second-order valence-electron chi connectivity index (χ2n) is 3.65. The third kappa shape index (κ3) is 2.65. The number of nitrogens with one attached hydrogen (secondary N) is 2. The molecule has 0 aliphatic rings. The largest absolute Gasteiger partial charge is 0.321 e. The lowest BCUT2D eigenvalue weighted by atomic mass is 10.2. The first-order valence-electron chi connectivity index (χ1n) is 5.20. The van der Waals surface area contributed by atoms with E-state index in [0.717, 1.165) is 4.47 Å². The first-order chi connectivity index (χ1) is 8.58. The Morgan fingerprint density at radius 1 is 1.39 bits per heavy atom. The lowest BCUT2D eigenvalue weighted by Gasteiger charge is -2.06. The highest BCUT2D eigenvalue weighted by atomic mass is 79.9. The number of aryl methyl sites for hydroxylation is 1. The van der Waals surface area contributed by atoms with E-state index in [1.165, 1.54) is 6.20 Å². The zero-order chi connectivity index (χ0) is 13.1. The summed E-state index contributed by atoms with van der Waals surface area (Å²) in [7, 11) is 0. The maximum absolute atomic E-state index is 11.9. The molecule has 5 nitrogen and oxygen atoms in total. The van der Waals surface area contributed by atoms with Gasteiger partial charge in [-0.25, -0.2) is 4.98 Å². The van der Waals surface area contributed by atoms with Gasteiger partial charge < -0.3 is 10.3 Å². The van der Waals surface area contributed by atoms with Crippen molar-refractivity contribution in [3.8, 4) is 0 Å². The van der Waals surface area contributed by atoms with E-state index in [2.05, 4.69) is 31.2 Å². The Labute approximate surface area is 111 Å². The third-order valence-electron chi connectivity index (χ3n) is 2.29. The van der Waals surface area contributed by atoms with Gasteiger partial charge in [0, 0.05) is 10.7 Å². The number of aromatic amines is 1. The molecule has 2 rings (SSSR count). The van der Waals surface area contributed by atoms with Gasteiger partial charge in [-0.05, 0) is 35.0 Å². The first kappa shape index (κ1) is 12.5. The number of amides is 1. The number of para-hydroxylation sites is 1. The van der Waals surface area contributed by atoms with Crippen LogP contribution in [-0.4, -0.2) is 15.9 Å². The van der Waals surface area contributed by atoms with E-state index in [1.807, 2.05) is 6.07 Å². The molecule has 2 N–H and O–H groups in total. The number of hydrogen-bond donors (Lipinski definition) is 2. The van der Waals surface area contributed by atoms with Crippen LogP contribution in [0.5, 0.6) is 0 Å². The predicted molar refractivity (Wildman–Crippen MR) is 71.7 cm³/mol. The second-order valence-corrected chi connectivity index (χ2v) is 4.50. The molecule has 1 aromatic heterocycles. The van der Waals surface area contributed by atoms with Gasteiger partial charge in [0.1, 0.15) is 11.4 Å². The van der Waals surface area contributed by atoms with Gasteiger partial charge in [0.15, 0.2) is 0 Å². The first-order valence-corrected chi connectivity index (χ1v) is 5.99. The molecule has 0 aliphatic carbocycles. The van der Waals surface area contributed by atoms with Crippen LogP contribution in [0.4, 0.5) is 5.69 Å². The topological polar surface area (TPSA) is 74.8 Å². The van der Waals surface area contributed by atoms with Gasteiger partial charge in [0.2, 0.25) is 0 Å². The van der Waals surface area contributed by atoms with Gasteiger partial charge in [-0.2, -0.15) is 0 Å². The zero-order valence-electron chi connectivity index (χ0n) is 9.53. The molecule has 0 saturated carbocycles. The normalized spacial score (nSPS) is 10.1. The van der Waals surface area contributed by atoms with E-state index in [0.29, 0.717) is 11.5 Å². The SMILES string of the molecule is Cc1ncc(C(=O)Nc2ccccc2Br)c(=O)[nH]1. The molecule has 0 aliphatic heterocycles. The maximum Gasteiger partial charge on any atom is 0.263 e. The van der Waals surface area contributed by atoms with Crippen LogP contribution in [0.3, 0.4) is 0 Å². The molecule has 18 heavy (non-hydrogen) atoms. The van der Waals surface area contributed by atoms with Gasteiger partial charge >= 0.3 is 0 Å². The Hall–Kier alpha value is -1.95. The molecule has 0 saturated heterocycles. The van der Waals surface area contributed by atoms with Crippen molar-refractivity contribution in [1.82, 2.24) is 9.97 Å². The molecule has 6 heteroatoms. The fourth-order valence-corrected chi connectivity index (χ4v) is 1.78. The zero-order valence-corrected chi connectivity index (χ0v) is 11.1. The number of hydrogen-bond acceptors (Lipinski definition) is 3. The van der Waals surface area contributed by atoms with Gasteiger partial charge in [-0.1, -0.05) is 12.1 Å². The van der Waals surface area contributed by atoms with Gasteiger partial charge in [-0.15, -0.1) is 0 Å². The number of H-pyrrole nitrogens is 1. The van der Waals surface area contributed by atoms with E-state index in [4.69, 9.17) is 0 Å². The summed E-state index contributed by atoms with van der Waals surface area (Å²) in [4.78, 5) is 29.9. The quantitative estimate of drug-likeness (QED) is 0.892. The minimum absolute atomic E-state index is 0.0173. The van der Waals surface area contributed by atoms with Crippen LogP contribution in [0.2, 0.25) is 0 Å². The van der Waals surface area contributed by atoms with E-state index >= 15 is 0 Å². The number of carbonyl (C=O) groups is 1. The van der Waals surface area contributed by atoms with Crippen molar-refractivity contribution in [3.63, 3.8) is 0 Å². The van der Waals surface area contributed by atoms with Crippen LogP contribution in [0, 0.1) is 6.92 Å². The van der Waals surface area contributed by atoms with Crippen molar-refractivity contribution in [2.45, 2.75) is 6.92 Å². The lowest BCUT2D eigenvalue weighted by Crippen LogP contribution is -2.24. The Bertz CT molecular complexity index is 652. The minimum Gasteiger partial charge on any atom is -0.321 e. The second kappa shape index (κ2) is 5.14. The van der Waals surface area contributed by atoms with Crippen LogP contribution in [0.1, 0.15) is 16.2 Å². The lowest BCUT2D eigenvalue weighted by molar-refractivity contribution is 0.102. The van der Waals surface area contributed by atoms with Crippen molar-refractivity contribution < 1.29 is 4.79 Å². The molecule has 0 bridgehead atoms. The fraction of sp³-hybridized carbons (Fsp3) is 0.0833. The highest BCUT2D eigenvalue weighted by Crippen LogP contribution is 2.21. The third-order valence-corrected chi connectivity index (χ3v) is 2.98. The summed E-state index contributed by atoms with van der Waals surface area (Å²) in [5.74, 6) is -0.0203. The molecule has 0 atom stereocenters. The molecule has 0 spiro atoms. The molecule has 1 amide bonds. The fourth-order valence-electron chi connectivity index (χ4n) is 1.40. The summed E-state index contributed by atoms with van der Waals surface area (Å²) < 4.78 is 0.745. The van der Waals surface area contributed by atoms with Crippen molar-refractivity contribution in [1.29, 1.82) is 0 Å². The number of nitrogens with zero attached hydrogens (tertiary/aromatic N) is 1. The molecule has 92 valence electrons. The van der Waals surface area contributed by atoms with E-state index in [-0.39, 0.29) is 5.56 Å². The van der Waals surface area contributed by atoms with Gasteiger partial charge in [0.05, 0.1) is 5.69 Å². The number of anilines is 1. The van der Waals surface area contributed by atoms with Gasteiger partial charge in [-0.3, -0.25) is 9.59 Å². The Balaban J connectivity index is 2.28. The Kier molecular flexibility index (Phi) is 3.57. The number of benzene rings is 1. The number of aromatic nitrogens is 2. The number of halogens is 1. The summed E-state index contributed by atoms with van der Waals surface area (Å²) in [6.45, 7) is 1.65. The maximum atomic E-state index is 11.9. The van der Waals surface area contributed by atoms with E-state index in [1.54, 1.807) is 25.1 Å². The molecule has 1 heterocycles. The highest BCUT2D eigenvalue weighted by Gasteiger charge is 2.12. The number of carbonyl (C=O) groups excluding carboxylic acids is 1. The smallest absolute Gasteiger partial charge is 0.263 e. The van der Waals surface area contributed by atoms with E-state index < -0.39 is 11.5 Å². The van der Waals surface area contributed by atoms with Crippen molar-refractivity contribution in [2.75, 3.05) is 5.32 Å². The van der Waals surface area contributed by atoms with Crippen LogP contribution in [0.25, 0.3) is 0 Å². The minimum atomic E-state index is -0.490. The average Bonchev–Trinajstić information content (AvgIpc) is 2.32. The summed E-state index contributed by atoms with van der Waals surface area (Å²) >= 11 is 3.31. The molecule has 0 unspecified atom stereocenters. The standard InChI is InChI=1S/C12H10BrN3O2/c1-7-14-6-8(11(17)15-7)12(18)16-10-5-3-2-4-9(10)13/h2-6H,1H3,(H,16,18)(H,14,15,17). The predicted octanol–water partition coefficient (Wildman–Crippen LogP) is 2.09. The summed E-state index contributed by atoms with van der Waals surface area (Å²) in [6, 6.07) is 7.16. The molecule has 1 aromatic carbocycles. The monoisotopic (exact) mass is 307 g/mol. The van der Waals surface area contributed by atoms with Crippen molar-refractivity contribution >= 4 is 27.5 Å². The van der Waals surface area contributed by atoms with Crippen LogP contribution >= 0.6 is 15.9 Å². The van der Waals surface area contributed by atoms with Crippen LogP contribution in [-0.2, 0) is 0 Å². The van der Waals surface area contributed by atoms with Gasteiger partial charge in [0.25, 0.3) is 11.5 Å². The summed E-state index contributed by atoms with van der Waals surface area (Å²) in [6.07, 6.45) is 1.26. The summed E-state index contributed by atoms with van der Waals surface area (Å²) in [5, 5.41) is 2.64. The van der Waals surface area contributed by atoms with Crippen LogP contribution < -0.4 is 10.9 Å². The van der Waals surface area contributed by atoms with E-state index in [9.17, 15) is 9.59 Å². The molecular formula is C12H10BrN3O2. The van der Waals surface area contributed by atoms with Crippen molar-refractivity contribution in [2.24, 2.45) is 0 Å². The molecular weight excluding hydrogens is 298 g/mol. The highest BCUT2D eigenvalue weighted by molar-refractivity contribution is 9.10. The Morgan fingerprint density at radius 3 is 2.78 bits per heavy atom. The van der Waals surface area contributed by atoms with Crippen LogP contribution in [0.15, 0.2) is 39.7 Å². The number of rotatable bonds is 2. The molecule has 0 fully saturated rings. The molecule has 0 radical (unpaired) electrons.